The average Bonchev–Trinajstić information content (AvgIpc) is 2.55. The summed E-state index contributed by atoms with van der Waals surface area (Å²) in [6.07, 6.45) is 3.48. The molecule has 2 N–H and O–H groups in total. The number of ether oxygens (including phenoxy) is 1. The summed E-state index contributed by atoms with van der Waals surface area (Å²) in [6.45, 7) is 9.43. The van der Waals surface area contributed by atoms with E-state index < -0.39 is 0 Å². The molecule has 1 aliphatic rings. The number of hydrogen-bond donors (Lipinski definition) is 2. The number of rotatable bonds is 5. The van der Waals surface area contributed by atoms with Gasteiger partial charge in [-0.25, -0.2) is 0 Å². The SMILES string of the molecule is CCC(C)(CO)NCC1CCC(C)(C)O1. The lowest BCUT2D eigenvalue weighted by Gasteiger charge is -2.29. The van der Waals surface area contributed by atoms with Crippen molar-refractivity contribution in [2.75, 3.05) is 13.2 Å². The van der Waals surface area contributed by atoms with Crippen LogP contribution in [0.3, 0.4) is 0 Å². The smallest absolute Gasteiger partial charge is 0.0708 e. The zero-order chi connectivity index (χ0) is 11.5. The molecule has 15 heavy (non-hydrogen) atoms. The number of aliphatic hydroxyl groups is 1. The van der Waals surface area contributed by atoms with E-state index in [0.717, 1.165) is 25.8 Å². The lowest BCUT2D eigenvalue weighted by Crippen LogP contribution is -2.48. The maximum absolute atomic E-state index is 9.26. The van der Waals surface area contributed by atoms with Crippen LogP contribution in [0.1, 0.15) is 47.0 Å². The van der Waals surface area contributed by atoms with E-state index in [2.05, 4.69) is 26.1 Å². The molecule has 1 saturated heterocycles. The predicted octanol–water partition coefficient (Wildman–Crippen LogP) is 1.69. The van der Waals surface area contributed by atoms with Crippen LogP contribution in [0, 0.1) is 0 Å². The van der Waals surface area contributed by atoms with Gasteiger partial charge < -0.3 is 15.2 Å². The Balaban J connectivity index is 2.32. The van der Waals surface area contributed by atoms with Crippen molar-refractivity contribution >= 4 is 0 Å². The summed E-state index contributed by atoms with van der Waals surface area (Å²) in [5, 5.41) is 12.7. The Morgan fingerprint density at radius 3 is 2.60 bits per heavy atom. The van der Waals surface area contributed by atoms with Crippen molar-refractivity contribution in [1.82, 2.24) is 5.32 Å². The van der Waals surface area contributed by atoms with Crippen LogP contribution in [0.5, 0.6) is 0 Å². The van der Waals surface area contributed by atoms with Gasteiger partial charge in [-0.1, -0.05) is 6.92 Å². The summed E-state index contributed by atoms with van der Waals surface area (Å²) in [5.74, 6) is 0. The fraction of sp³-hybridized carbons (Fsp3) is 1.00. The van der Waals surface area contributed by atoms with Gasteiger partial charge in [-0.3, -0.25) is 0 Å². The van der Waals surface area contributed by atoms with E-state index in [0.29, 0.717) is 6.10 Å². The zero-order valence-electron chi connectivity index (χ0n) is 10.5. The Bertz CT molecular complexity index is 200. The van der Waals surface area contributed by atoms with Gasteiger partial charge in [0.25, 0.3) is 0 Å². The number of aliphatic hydroxyl groups excluding tert-OH is 1. The van der Waals surface area contributed by atoms with Crippen molar-refractivity contribution in [3.05, 3.63) is 0 Å². The summed E-state index contributed by atoms with van der Waals surface area (Å²) < 4.78 is 5.89. The molecule has 0 radical (unpaired) electrons. The first-order valence-electron chi connectivity index (χ1n) is 5.94. The minimum atomic E-state index is -0.157. The van der Waals surface area contributed by atoms with E-state index in [1.807, 2.05) is 6.92 Å². The highest BCUT2D eigenvalue weighted by Crippen LogP contribution is 2.29. The van der Waals surface area contributed by atoms with Crippen LogP contribution in [0.4, 0.5) is 0 Å². The van der Waals surface area contributed by atoms with Crippen LogP contribution in [0.2, 0.25) is 0 Å². The van der Waals surface area contributed by atoms with Crippen LogP contribution in [-0.2, 0) is 4.74 Å². The highest BCUT2D eigenvalue weighted by Gasteiger charge is 2.32. The van der Waals surface area contributed by atoms with E-state index in [9.17, 15) is 5.11 Å². The second kappa shape index (κ2) is 4.81. The molecule has 1 aliphatic heterocycles. The van der Waals surface area contributed by atoms with E-state index in [1.165, 1.54) is 0 Å². The fourth-order valence-corrected chi connectivity index (χ4v) is 1.87. The minimum Gasteiger partial charge on any atom is -0.394 e. The Labute approximate surface area is 93.2 Å². The summed E-state index contributed by atoms with van der Waals surface area (Å²) in [5.41, 5.74) is -0.121. The van der Waals surface area contributed by atoms with Crippen LogP contribution < -0.4 is 5.32 Å². The van der Waals surface area contributed by atoms with Crippen LogP contribution >= 0.6 is 0 Å². The fourth-order valence-electron chi connectivity index (χ4n) is 1.87. The quantitative estimate of drug-likeness (QED) is 0.733. The van der Waals surface area contributed by atoms with Gasteiger partial charge in [-0.15, -0.1) is 0 Å². The highest BCUT2D eigenvalue weighted by molar-refractivity contribution is 4.86. The van der Waals surface area contributed by atoms with Crippen molar-refractivity contribution < 1.29 is 9.84 Å². The number of nitrogens with one attached hydrogen (secondary N) is 1. The van der Waals surface area contributed by atoms with Gasteiger partial charge in [0.15, 0.2) is 0 Å². The monoisotopic (exact) mass is 215 g/mol. The van der Waals surface area contributed by atoms with Gasteiger partial charge in [-0.05, 0) is 40.0 Å². The van der Waals surface area contributed by atoms with Gasteiger partial charge in [0, 0.05) is 12.1 Å². The maximum Gasteiger partial charge on any atom is 0.0708 e. The molecule has 1 heterocycles. The molecule has 0 aliphatic carbocycles. The second-order valence-corrected chi connectivity index (χ2v) is 5.49. The van der Waals surface area contributed by atoms with E-state index in [-0.39, 0.29) is 17.7 Å². The van der Waals surface area contributed by atoms with Crippen molar-refractivity contribution in [2.24, 2.45) is 0 Å². The van der Waals surface area contributed by atoms with Gasteiger partial charge in [0.2, 0.25) is 0 Å². The Kier molecular flexibility index (Phi) is 4.15. The van der Waals surface area contributed by atoms with Gasteiger partial charge in [0.05, 0.1) is 18.3 Å². The summed E-state index contributed by atoms with van der Waals surface area (Å²) in [6, 6.07) is 0. The lowest BCUT2D eigenvalue weighted by molar-refractivity contribution is -0.0183. The average molecular weight is 215 g/mol. The summed E-state index contributed by atoms with van der Waals surface area (Å²) in [4.78, 5) is 0. The molecular formula is C12H25NO2. The first-order valence-corrected chi connectivity index (χ1v) is 5.94. The zero-order valence-corrected chi connectivity index (χ0v) is 10.5. The molecular weight excluding hydrogens is 190 g/mol. The van der Waals surface area contributed by atoms with Gasteiger partial charge >= 0.3 is 0 Å². The van der Waals surface area contributed by atoms with Crippen molar-refractivity contribution in [3.63, 3.8) is 0 Å². The van der Waals surface area contributed by atoms with Gasteiger partial charge in [0.1, 0.15) is 0 Å². The predicted molar refractivity (Wildman–Crippen MR) is 62.0 cm³/mol. The molecule has 1 rings (SSSR count). The Morgan fingerprint density at radius 1 is 1.53 bits per heavy atom. The minimum absolute atomic E-state index is 0.0359. The topological polar surface area (TPSA) is 41.5 Å². The van der Waals surface area contributed by atoms with Crippen molar-refractivity contribution in [2.45, 2.75) is 64.2 Å². The summed E-state index contributed by atoms with van der Waals surface area (Å²) in [7, 11) is 0. The standard InChI is InChI=1S/C12H25NO2/c1-5-12(4,9-14)13-8-10-6-7-11(2,3)15-10/h10,13-14H,5-9H2,1-4H3. The third kappa shape index (κ3) is 3.74. The second-order valence-electron chi connectivity index (χ2n) is 5.49. The Morgan fingerprint density at radius 2 is 2.20 bits per heavy atom. The maximum atomic E-state index is 9.26. The molecule has 3 nitrogen and oxygen atoms in total. The largest absolute Gasteiger partial charge is 0.394 e. The van der Waals surface area contributed by atoms with Crippen LogP contribution in [0.25, 0.3) is 0 Å². The van der Waals surface area contributed by atoms with Crippen molar-refractivity contribution in [1.29, 1.82) is 0 Å². The number of hydrogen-bond acceptors (Lipinski definition) is 3. The molecule has 0 bridgehead atoms. The summed E-state index contributed by atoms with van der Waals surface area (Å²) >= 11 is 0. The molecule has 0 saturated carbocycles. The first-order chi connectivity index (χ1) is 6.91. The third-order valence-electron chi connectivity index (χ3n) is 3.44. The van der Waals surface area contributed by atoms with E-state index in [1.54, 1.807) is 0 Å². The van der Waals surface area contributed by atoms with Crippen LogP contribution in [0.15, 0.2) is 0 Å². The van der Waals surface area contributed by atoms with E-state index >= 15 is 0 Å². The molecule has 0 amide bonds. The third-order valence-corrected chi connectivity index (χ3v) is 3.44. The van der Waals surface area contributed by atoms with E-state index in [4.69, 9.17) is 4.74 Å². The molecule has 90 valence electrons. The lowest BCUT2D eigenvalue weighted by atomic mass is 10.00. The molecule has 1 fully saturated rings. The molecule has 3 heteroatoms. The molecule has 0 aromatic carbocycles. The molecule has 2 atom stereocenters. The van der Waals surface area contributed by atoms with Gasteiger partial charge in [-0.2, -0.15) is 0 Å². The first kappa shape index (κ1) is 12.9. The molecule has 0 aromatic rings. The van der Waals surface area contributed by atoms with Crippen LogP contribution in [-0.4, -0.2) is 35.5 Å². The highest BCUT2D eigenvalue weighted by atomic mass is 16.5. The van der Waals surface area contributed by atoms with Crippen molar-refractivity contribution in [3.8, 4) is 0 Å². The Hall–Kier alpha value is -0.120. The normalized spacial score (nSPS) is 29.0. The molecule has 2 unspecified atom stereocenters. The molecule has 0 spiro atoms. The molecule has 0 aromatic heterocycles.